The van der Waals surface area contributed by atoms with Crippen LogP contribution in [0, 0.1) is 11.3 Å². The van der Waals surface area contributed by atoms with Crippen LogP contribution in [0.25, 0.3) is 0 Å². The van der Waals surface area contributed by atoms with Gasteiger partial charge in [0.25, 0.3) is 0 Å². The van der Waals surface area contributed by atoms with Gasteiger partial charge in [0.15, 0.2) is 0 Å². The van der Waals surface area contributed by atoms with Crippen molar-refractivity contribution in [2.45, 2.75) is 52.4 Å². The van der Waals surface area contributed by atoms with E-state index >= 15 is 0 Å². The predicted octanol–water partition coefficient (Wildman–Crippen LogP) is 3.11. The van der Waals surface area contributed by atoms with Gasteiger partial charge in [0.1, 0.15) is 6.29 Å². The fourth-order valence-electron chi connectivity index (χ4n) is 2.69. The van der Waals surface area contributed by atoms with Crippen molar-refractivity contribution in [2.24, 2.45) is 11.3 Å². The Morgan fingerprint density at radius 2 is 2.00 bits per heavy atom. The second-order valence-electron chi connectivity index (χ2n) is 5.75. The van der Waals surface area contributed by atoms with E-state index in [1.165, 1.54) is 32.0 Å². The quantitative estimate of drug-likeness (QED) is 0.647. The van der Waals surface area contributed by atoms with Crippen molar-refractivity contribution in [2.75, 3.05) is 20.1 Å². The first kappa shape index (κ1) is 13.7. The third-order valence-electron chi connectivity index (χ3n) is 4.00. The van der Waals surface area contributed by atoms with Gasteiger partial charge >= 0.3 is 0 Å². The number of carbonyl (C=O) groups excluding carboxylic acids is 1. The van der Waals surface area contributed by atoms with E-state index in [0.717, 1.165) is 31.8 Å². The topological polar surface area (TPSA) is 20.3 Å². The van der Waals surface area contributed by atoms with Gasteiger partial charge in [-0.2, -0.15) is 0 Å². The van der Waals surface area contributed by atoms with Crippen LogP contribution in [-0.4, -0.2) is 31.3 Å². The molecule has 0 unspecified atom stereocenters. The van der Waals surface area contributed by atoms with Crippen LogP contribution in [0.4, 0.5) is 0 Å². The first-order valence-corrected chi connectivity index (χ1v) is 6.77. The Labute approximate surface area is 100 Å². The van der Waals surface area contributed by atoms with Crippen LogP contribution in [0.2, 0.25) is 0 Å². The smallest absolute Gasteiger partial charge is 0.127 e. The zero-order chi connectivity index (χ0) is 12.0. The summed E-state index contributed by atoms with van der Waals surface area (Å²) in [6, 6.07) is 0. The van der Waals surface area contributed by atoms with Crippen molar-refractivity contribution < 1.29 is 4.79 Å². The first-order valence-electron chi connectivity index (χ1n) is 6.77. The van der Waals surface area contributed by atoms with E-state index in [4.69, 9.17) is 0 Å². The summed E-state index contributed by atoms with van der Waals surface area (Å²) in [7, 11) is 2.15. The monoisotopic (exact) mass is 225 g/mol. The standard InChI is InChI=1S/C14H27NO/c1-4-5-10-15(3)11-14(12-16)8-6-13(2)7-9-14/h12-13H,4-11H2,1-3H3. The SMILES string of the molecule is CCCCN(C)CC1(C=O)CCC(C)CC1. The Hall–Kier alpha value is -0.370. The molecule has 0 atom stereocenters. The number of aldehydes is 1. The van der Waals surface area contributed by atoms with Crippen molar-refractivity contribution in [1.29, 1.82) is 0 Å². The molecule has 0 aliphatic heterocycles. The van der Waals surface area contributed by atoms with Crippen LogP contribution in [-0.2, 0) is 4.79 Å². The molecule has 1 aliphatic carbocycles. The van der Waals surface area contributed by atoms with E-state index in [0.29, 0.717) is 0 Å². The fraction of sp³-hybridized carbons (Fsp3) is 0.929. The van der Waals surface area contributed by atoms with Crippen LogP contribution in [0.5, 0.6) is 0 Å². The average Bonchev–Trinajstić information content (AvgIpc) is 2.30. The molecule has 0 amide bonds. The summed E-state index contributed by atoms with van der Waals surface area (Å²) in [6.07, 6.45) is 8.33. The van der Waals surface area contributed by atoms with Crippen molar-refractivity contribution in [3.8, 4) is 0 Å². The summed E-state index contributed by atoms with van der Waals surface area (Å²) in [4.78, 5) is 13.7. The van der Waals surface area contributed by atoms with Crippen LogP contribution >= 0.6 is 0 Å². The van der Waals surface area contributed by atoms with Crippen molar-refractivity contribution in [3.63, 3.8) is 0 Å². The summed E-state index contributed by atoms with van der Waals surface area (Å²) in [5.74, 6) is 0.814. The molecule has 0 bridgehead atoms. The number of unbranched alkanes of at least 4 members (excludes halogenated alkanes) is 1. The minimum absolute atomic E-state index is 0.0327. The molecule has 2 heteroatoms. The lowest BCUT2D eigenvalue weighted by Gasteiger charge is -2.37. The maximum atomic E-state index is 11.4. The van der Waals surface area contributed by atoms with Gasteiger partial charge in [0, 0.05) is 12.0 Å². The van der Waals surface area contributed by atoms with Gasteiger partial charge in [-0.25, -0.2) is 0 Å². The van der Waals surface area contributed by atoms with Crippen molar-refractivity contribution >= 4 is 6.29 Å². The summed E-state index contributed by atoms with van der Waals surface area (Å²) in [5.41, 5.74) is -0.0327. The third-order valence-corrected chi connectivity index (χ3v) is 4.00. The molecule has 0 spiro atoms. The van der Waals surface area contributed by atoms with E-state index in [1.807, 2.05) is 0 Å². The molecule has 0 saturated heterocycles. The molecule has 0 aromatic carbocycles. The zero-order valence-corrected chi connectivity index (χ0v) is 11.2. The molecule has 0 heterocycles. The summed E-state index contributed by atoms with van der Waals surface area (Å²) < 4.78 is 0. The average molecular weight is 225 g/mol. The number of carbonyl (C=O) groups is 1. The Balaban J connectivity index is 2.44. The van der Waals surface area contributed by atoms with Gasteiger partial charge in [0.05, 0.1) is 0 Å². The number of nitrogens with zero attached hydrogens (tertiary/aromatic N) is 1. The Morgan fingerprint density at radius 1 is 1.38 bits per heavy atom. The van der Waals surface area contributed by atoms with E-state index in [1.54, 1.807) is 0 Å². The summed E-state index contributed by atoms with van der Waals surface area (Å²) >= 11 is 0. The highest BCUT2D eigenvalue weighted by atomic mass is 16.1. The molecule has 0 aromatic heterocycles. The van der Waals surface area contributed by atoms with E-state index in [-0.39, 0.29) is 5.41 Å². The van der Waals surface area contributed by atoms with Gasteiger partial charge in [-0.3, -0.25) is 0 Å². The molecular weight excluding hydrogens is 198 g/mol. The van der Waals surface area contributed by atoms with Gasteiger partial charge in [0.2, 0.25) is 0 Å². The highest BCUT2D eigenvalue weighted by molar-refractivity contribution is 5.60. The maximum absolute atomic E-state index is 11.4. The minimum Gasteiger partial charge on any atom is -0.305 e. The molecule has 1 fully saturated rings. The van der Waals surface area contributed by atoms with E-state index < -0.39 is 0 Å². The maximum Gasteiger partial charge on any atom is 0.127 e. The molecular formula is C14H27NO. The normalized spacial score (nSPS) is 30.6. The minimum atomic E-state index is -0.0327. The molecule has 2 nitrogen and oxygen atoms in total. The van der Waals surface area contributed by atoms with E-state index in [2.05, 4.69) is 25.8 Å². The number of hydrogen-bond acceptors (Lipinski definition) is 2. The fourth-order valence-corrected chi connectivity index (χ4v) is 2.69. The van der Waals surface area contributed by atoms with Gasteiger partial charge in [-0.1, -0.05) is 20.3 Å². The first-order chi connectivity index (χ1) is 7.62. The van der Waals surface area contributed by atoms with Crippen LogP contribution < -0.4 is 0 Å². The molecule has 94 valence electrons. The van der Waals surface area contributed by atoms with Gasteiger partial charge < -0.3 is 9.69 Å². The lowest BCUT2D eigenvalue weighted by atomic mass is 9.71. The Bertz CT molecular complexity index is 207. The molecule has 0 N–H and O–H groups in total. The molecule has 16 heavy (non-hydrogen) atoms. The largest absolute Gasteiger partial charge is 0.305 e. The summed E-state index contributed by atoms with van der Waals surface area (Å²) in [5, 5.41) is 0. The second kappa shape index (κ2) is 6.39. The second-order valence-corrected chi connectivity index (χ2v) is 5.75. The van der Waals surface area contributed by atoms with Crippen LogP contribution in [0.1, 0.15) is 52.4 Å². The lowest BCUT2D eigenvalue weighted by molar-refractivity contribution is -0.119. The Kier molecular flexibility index (Phi) is 5.47. The number of hydrogen-bond donors (Lipinski definition) is 0. The highest BCUT2D eigenvalue weighted by Gasteiger charge is 2.34. The molecule has 1 saturated carbocycles. The summed E-state index contributed by atoms with van der Waals surface area (Å²) in [6.45, 7) is 6.60. The third kappa shape index (κ3) is 3.89. The zero-order valence-electron chi connectivity index (χ0n) is 11.2. The molecule has 0 aromatic rings. The Morgan fingerprint density at radius 3 is 2.50 bits per heavy atom. The predicted molar refractivity (Wildman–Crippen MR) is 68.5 cm³/mol. The lowest BCUT2D eigenvalue weighted by Crippen LogP contribution is -2.40. The molecule has 0 radical (unpaired) electrons. The van der Waals surface area contributed by atoms with Crippen LogP contribution in [0.3, 0.4) is 0 Å². The van der Waals surface area contributed by atoms with Crippen molar-refractivity contribution in [1.82, 2.24) is 4.90 Å². The van der Waals surface area contributed by atoms with Crippen LogP contribution in [0.15, 0.2) is 0 Å². The number of rotatable bonds is 6. The van der Waals surface area contributed by atoms with Gasteiger partial charge in [-0.15, -0.1) is 0 Å². The van der Waals surface area contributed by atoms with Crippen molar-refractivity contribution in [3.05, 3.63) is 0 Å². The molecule has 1 aliphatic rings. The molecule has 1 rings (SSSR count). The highest BCUT2D eigenvalue weighted by Crippen LogP contribution is 2.37. The van der Waals surface area contributed by atoms with E-state index in [9.17, 15) is 4.79 Å². The van der Waals surface area contributed by atoms with Gasteiger partial charge in [-0.05, 0) is 51.6 Å².